The molecule has 5 rings (SSSR count). The molecule has 1 atom stereocenters. The number of benzene rings is 1. The van der Waals surface area contributed by atoms with Gasteiger partial charge in [0.05, 0.1) is 17.0 Å². The van der Waals surface area contributed by atoms with E-state index in [0.717, 1.165) is 60.0 Å². The van der Waals surface area contributed by atoms with Crippen molar-refractivity contribution in [1.29, 1.82) is 0 Å². The van der Waals surface area contributed by atoms with Crippen molar-refractivity contribution in [2.45, 2.75) is 32.2 Å². The van der Waals surface area contributed by atoms with Gasteiger partial charge in [0, 0.05) is 48.2 Å². The fourth-order valence-corrected chi connectivity index (χ4v) is 4.60. The molecule has 8 heteroatoms. The number of hydrogen-bond acceptors (Lipinski definition) is 6. The van der Waals surface area contributed by atoms with Crippen LogP contribution in [0, 0.1) is 6.92 Å². The Hall–Kier alpha value is -3.03. The molecule has 0 radical (unpaired) electrons. The third-order valence-electron chi connectivity index (χ3n) is 5.93. The summed E-state index contributed by atoms with van der Waals surface area (Å²) in [6.45, 7) is 5.01. The molecular weight excluding hydrogens is 410 g/mol. The number of halogens is 1. The topological polar surface area (TPSA) is 85.2 Å². The molecule has 1 aliphatic rings. The van der Waals surface area contributed by atoms with Crippen LogP contribution in [-0.2, 0) is 6.54 Å². The smallest absolute Gasteiger partial charge is 0.219 e. The predicted molar refractivity (Wildman–Crippen MR) is 122 cm³/mol. The van der Waals surface area contributed by atoms with Crippen molar-refractivity contribution in [2.75, 3.05) is 18.8 Å². The zero-order valence-corrected chi connectivity index (χ0v) is 18.1. The second kappa shape index (κ2) is 8.24. The van der Waals surface area contributed by atoms with Gasteiger partial charge in [-0.05, 0) is 50.1 Å². The maximum atomic E-state index is 6.04. The summed E-state index contributed by atoms with van der Waals surface area (Å²) in [5, 5.41) is 5.61. The fraction of sp³-hybridized carbons (Fsp3) is 0.304. The zero-order valence-electron chi connectivity index (χ0n) is 17.4. The number of nitrogens with two attached hydrogens (primary N) is 1. The molecular formula is C23H24ClN7. The molecule has 158 valence electrons. The van der Waals surface area contributed by atoms with Gasteiger partial charge in [-0.2, -0.15) is 5.10 Å². The van der Waals surface area contributed by atoms with Crippen LogP contribution in [0.5, 0.6) is 0 Å². The Morgan fingerprint density at radius 3 is 2.65 bits per heavy atom. The highest BCUT2D eigenvalue weighted by atomic mass is 35.5. The molecule has 2 N–H and O–H groups in total. The van der Waals surface area contributed by atoms with Gasteiger partial charge >= 0.3 is 0 Å². The lowest BCUT2D eigenvalue weighted by atomic mass is 9.94. The summed E-state index contributed by atoms with van der Waals surface area (Å²) >= 11 is 6.04. The zero-order chi connectivity index (χ0) is 21.4. The molecule has 4 heterocycles. The van der Waals surface area contributed by atoms with Crippen LogP contribution in [0.2, 0.25) is 5.02 Å². The van der Waals surface area contributed by atoms with E-state index in [2.05, 4.69) is 38.1 Å². The van der Waals surface area contributed by atoms with Gasteiger partial charge in [0.2, 0.25) is 5.95 Å². The number of nitrogens with zero attached hydrogens (tertiary/aromatic N) is 6. The van der Waals surface area contributed by atoms with E-state index >= 15 is 0 Å². The van der Waals surface area contributed by atoms with Crippen molar-refractivity contribution in [3.05, 3.63) is 70.9 Å². The summed E-state index contributed by atoms with van der Waals surface area (Å²) < 4.78 is 2.00. The first-order valence-corrected chi connectivity index (χ1v) is 10.8. The highest BCUT2D eigenvalue weighted by Gasteiger charge is 2.25. The number of anilines is 1. The maximum absolute atomic E-state index is 6.04. The summed E-state index contributed by atoms with van der Waals surface area (Å²) in [6.07, 6.45) is 7.63. The van der Waals surface area contributed by atoms with Gasteiger partial charge in [-0.3, -0.25) is 4.90 Å². The molecule has 0 bridgehead atoms. The van der Waals surface area contributed by atoms with Gasteiger partial charge in [-0.15, -0.1) is 0 Å². The second-order valence-corrected chi connectivity index (χ2v) is 8.53. The molecule has 1 saturated heterocycles. The summed E-state index contributed by atoms with van der Waals surface area (Å²) in [6, 6.07) is 10.2. The maximum Gasteiger partial charge on any atom is 0.219 e. The fourth-order valence-electron chi connectivity index (χ4n) is 4.47. The summed E-state index contributed by atoms with van der Waals surface area (Å²) in [5.74, 6) is 0.649. The number of fused-ring (bicyclic) bond motifs is 1. The van der Waals surface area contributed by atoms with Crippen molar-refractivity contribution in [3.63, 3.8) is 0 Å². The summed E-state index contributed by atoms with van der Waals surface area (Å²) in [4.78, 5) is 15.4. The lowest BCUT2D eigenvalue weighted by Crippen LogP contribution is -2.34. The van der Waals surface area contributed by atoms with Crippen LogP contribution < -0.4 is 5.73 Å². The van der Waals surface area contributed by atoms with Gasteiger partial charge < -0.3 is 5.73 Å². The standard InChI is InChI=1S/C23H24ClN7/c1-15-21(18-11-27-23(25)28-12-18)22-26-9-8-20(31(22)29-15)17-3-2-10-30(14-17)13-16-4-6-19(24)7-5-16/h4-9,11-12,17H,2-3,10,13-14H2,1H3,(H2,25,27,28). The minimum absolute atomic E-state index is 0.259. The van der Waals surface area contributed by atoms with Gasteiger partial charge in [-0.25, -0.2) is 19.5 Å². The van der Waals surface area contributed by atoms with E-state index in [1.54, 1.807) is 12.4 Å². The molecule has 31 heavy (non-hydrogen) atoms. The molecule has 7 nitrogen and oxygen atoms in total. The number of rotatable bonds is 4. The molecule has 0 spiro atoms. The lowest BCUT2D eigenvalue weighted by molar-refractivity contribution is 0.197. The number of aryl methyl sites for hydroxylation is 1. The molecule has 1 aliphatic heterocycles. The molecule has 4 aromatic rings. The summed E-state index contributed by atoms with van der Waals surface area (Å²) in [7, 11) is 0. The Kier molecular flexibility index (Phi) is 5.29. The van der Waals surface area contributed by atoms with Gasteiger partial charge in [0.15, 0.2) is 5.65 Å². The van der Waals surface area contributed by atoms with Crippen LogP contribution in [0.1, 0.15) is 35.7 Å². The van der Waals surface area contributed by atoms with Gasteiger partial charge in [-0.1, -0.05) is 23.7 Å². The third-order valence-corrected chi connectivity index (χ3v) is 6.18. The molecule has 1 unspecified atom stereocenters. The van der Waals surface area contributed by atoms with Gasteiger partial charge in [0.25, 0.3) is 0 Å². The van der Waals surface area contributed by atoms with Crippen molar-refractivity contribution in [2.24, 2.45) is 0 Å². The first-order chi connectivity index (χ1) is 15.1. The number of aromatic nitrogens is 5. The average Bonchev–Trinajstić information content (AvgIpc) is 3.12. The highest BCUT2D eigenvalue weighted by molar-refractivity contribution is 6.30. The van der Waals surface area contributed by atoms with E-state index in [1.165, 1.54) is 11.3 Å². The molecule has 0 saturated carbocycles. The van der Waals surface area contributed by atoms with E-state index < -0.39 is 0 Å². The molecule has 0 amide bonds. The monoisotopic (exact) mass is 433 g/mol. The van der Waals surface area contributed by atoms with E-state index in [0.29, 0.717) is 5.92 Å². The Bertz CT molecular complexity index is 1200. The number of likely N-dealkylation sites (tertiary alicyclic amines) is 1. The normalized spacial score (nSPS) is 17.3. The SMILES string of the molecule is Cc1nn2c(C3CCCN(Cc4ccc(Cl)cc4)C3)ccnc2c1-c1cnc(N)nc1. The molecule has 3 aromatic heterocycles. The number of piperidine rings is 1. The quantitative estimate of drug-likeness (QED) is 0.521. The molecule has 0 aliphatic carbocycles. The van der Waals surface area contributed by atoms with Crippen molar-refractivity contribution >= 4 is 23.2 Å². The van der Waals surface area contributed by atoms with E-state index in [-0.39, 0.29) is 5.95 Å². The third kappa shape index (κ3) is 3.98. The largest absolute Gasteiger partial charge is 0.368 e. The highest BCUT2D eigenvalue weighted by Crippen LogP contribution is 2.32. The molecule has 1 fully saturated rings. The van der Waals surface area contributed by atoms with Crippen molar-refractivity contribution < 1.29 is 0 Å². The predicted octanol–water partition coefficient (Wildman–Crippen LogP) is 4.11. The van der Waals surface area contributed by atoms with Crippen LogP contribution in [0.15, 0.2) is 48.9 Å². The number of hydrogen-bond donors (Lipinski definition) is 1. The van der Waals surface area contributed by atoms with Gasteiger partial charge in [0.1, 0.15) is 0 Å². The van der Waals surface area contributed by atoms with Crippen LogP contribution in [-0.4, -0.2) is 42.6 Å². The Balaban J connectivity index is 1.45. The van der Waals surface area contributed by atoms with Crippen LogP contribution in [0.4, 0.5) is 5.95 Å². The first kappa shape index (κ1) is 19.9. The summed E-state index contributed by atoms with van der Waals surface area (Å²) in [5.41, 5.74) is 11.7. The van der Waals surface area contributed by atoms with E-state index in [1.807, 2.05) is 29.8 Å². The number of nitrogen functional groups attached to an aromatic ring is 1. The Morgan fingerprint density at radius 1 is 1.10 bits per heavy atom. The van der Waals surface area contributed by atoms with E-state index in [4.69, 9.17) is 22.4 Å². The van der Waals surface area contributed by atoms with E-state index in [9.17, 15) is 0 Å². The minimum Gasteiger partial charge on any atom is -0.368 e. The average molecular weight is 434 g/mol. The Morgan fingerprint density at radius 2 is 1.87 bits per heavy atom. The van der Waals surface area contributed by atoms with Crippen LogP contribution in [0.25, 0.3) is 16.8 Å². The van der Waals surface area contributed by atoms with Crippen molar-refractivity contribution in [1.82, 2.24) is 29.5 Å². The minimum atomic E-state index is 0.259. The Labute approximate surface area is 185 Å². The van der Waals surface area contributed by atoms with Crippen LogP contribution in [0.3, 0.4) is 0 Å². The van der Waals surface area contributed by atoms with Crippen LogP contribution >= 0.6 is 11.6 Å². The second-order valence-electron chi connectivity index (χ2n) is 8.10. The molecule has 1 aromatic carbocycles. The van der Waals surface area contributed by atoms with Crippen molar-refractivity contribution in [3.8, 4) is 11.1 Å². The lowest BCUT2D eigenvalue weighted by Gasteiger charge is -2.33. The first-order valence-electron chi connectivity index (χ1n) is 10.5.